The maximum absolute atomic E-state index is 3.64. The molecule has 2 N–H and O–H groups in total. The van der Waals surface area contributed by atoms with E-state index in [9.17, 15) is 0 Å². The smallest absolute Gasteiger partial charge is 0.0546 e. The van der Waals surface area contributed by atoms with E-state index in [1.807, 2.05) is 11.3 Å². The summed E-state index contributed by atoms with van der Waals surface area (Å²) in [5.41, 5.74) is 0.215. The summed E-state index contributed by atoms with van der Waals surface area (Å²) in [7, 11) is 0. The lowest BCUT2D eigenvalue weighted by Gasteiger charge is -2.37. The van der Waals surface area contributed by atoms with Gasteiger partial charge in [-0.1, -0.05) is 6.07 Å². The van der Waals surface area contributed by atoms with Crippen LogP contribution in [0.4, 0.5) is 0 Å². The van der Waals surface area contributed by atoms with E-state index in [0.717, 1.165) is 13.1 Å². The van der Waals surface area contributed by atoms with Gasteiger partial charge >= 0.3 is 0 Å². The van der Waals surface area contributed by atoms with Crippen LogP contribution in [0, 0.1) is 0 Å². The summed E-state index contributed by atoms with van der Waals surface area (Å²) in [6.07, 6.45) is 0. The molecule has 2 rings (SSSR count). The number of rotatable bonds is 1. The Morgan fingerprint density at radius 2 is 2.38 bits per heavy atom. The molecular weight excluding hydrogens is 180 g/mol. The molecule has 1 aliphatic heterocycles. The molecule has 0 aromatic carbocycles. The molecule has 0 saturated carbocycles. The SMILES string of the molecule is CC1(C)CNCC(c2cccs2)N1. The molecule has 3 heteroatoms. The van der Waals surface area contributed by atoms with E-state index in [0.29, 0.717) is 6.04 Å². The maximum atomic E-state index is 3.64. The highest BCUT2D eigenvalue weighted by molar-refractivity contribution is 7.10. The Kier molecular flexibility index (Phi) is 2.41. The first-order valence-corrected chi connectivity index (χ1v) is 5.57. The van der Waals surface area contributed by atoms with Crippen LogP contribution in [0.2, 0.25) is 0 Å². The van der Waals surface area contributed by atoms with E-state index in [4.69, 9.17) is 0 Å². The maximum Gasteiger partial charge on any atom is 0.0546 e. The molecule has 2 nitrogen and oxygen atoms in total. The quantitative estimate of drug-likeness (QED) is 0.715. The molecule has 0 aliphatic carbocycles. The van der Waals surface area contributed by atoms with Gasteiger partial charge in [0.2, 0.25) is 0 Å². The van der Waals surface area contributed by atoms with Crippen molar-refractivity contribution in [3.05, 3.63) is 22.4 Å². The van der Waals surface area contributed by atoms with Gasteiger partial charge in [0.05, 0.1) is 6.04 Å². The highest BCUT2D eigenvalue weighted by Gasteiger charge is 2.27. The van der Waals surface area contributed by atoms with E-state index in [1.165, 1.54) is 4.88 Å². The van der Waals surface area contributed by atoms with E-state index >= 15 is 0 Å². The normalized spacial score (nSPS) is 27.4. The van der Waals surface area contributed by atoms with Crippen LogP contribution in [-0.2, 0) is 0 Å². The van der Waals surface area contributed by atoms with E-state index < -0.39 is 0 Å². The summed E-state index contributed by atoms with van der Waals surface area (Å²) in [5, 5.41) is 9.24. The third-order valence-electron chi connectivity index (χ3n) is 2.37. The third-order valence-corrected chi connectivity index (χ3v) is 3.35. The van der Waals surface area contributed by atoms with Gasteiger partial charge in [0, 0.05) is 23.5 Å². The van der Waals surface area contributed by atoms with Crippen LogP contribution in [0.15, 0.2) is 17.5 Å². The monoisotopic (exact) mass is 196 g/mol. The fourth-order valence-electron chi connectivity index (χ4n) is 1.76. The fraction of sp³-hybridized carbons (Fsp3) is 0.600. The predicted molar refractivity (Wildman–Crippen MR) is 57.1 cm³/mol. The Hall–Kier alpha value is -0.380. The molecule has 72 valence electrons. The molecule has 0 bridgehead atoms. The molecule has 0 spiro atoms. The largest absolute Gasteiger partial charge is 0.313 e. The van der Waals surface area contributed by atoms with Gasteiger partial charge in [0.15, 0.2) is 0 Å². The number of hydrogen-bond acceptors (Lipinski definition) is 3. The molecule has 13 heavy (non-hydrogen) atoms. The second kappa shape index (κ2) is 3.40. The molecule has 1 saturated heterocycles. The van der Waals surface area contributed by atoms with Crippen molar-refractivity contribution in [1.29, 1.82) is 0 Å². The van der Waals surface area contributed by atoms with Crippen molar-refractivity contribution in [1.82, 2.24) is 10.6 Å². The van der Waals surface area contributed by atoms with Crippen molar-refractivity contribution >= 4 is 11.3 Å². The summed E-state index contributed by atoms with van der Waals surface area (Å²) in [5.74, 6) is 0. The summed E-state index contributed by atoms with van der Waals surface area (Å²) >= 11 is 1.83. The van der Waals surface area contributed by atoms with Crippen molar-refractivity contribution in [3.63, 3.8) is 0 Å². The van der Waals surface area contributed by atoms with Gasteiger partial charge in [-0.2, -0.15) is 0 Å². The number of nitrogens with one attached hydrogen (secondary N) is 2. The third kappa shape index (κ3) is 2.10. The topological polar surface area (TPSA) is 24.1 Å². The van der Waals surface area contributed by atoms with Gasteiger partial charge in [-0.3, -0.25) is 0 Å². The van der Waals surface area contributed by atoms with Crippen LogP contribution < -0.4 is 10.6 Å². The van der Waals surface area contributed by atoms with Crippen molar-refractivity contribution in [2.45, 2.75) is 25.4 Å². The van der Waals surface area contributed by atoms with Crippen molar-refractivity contribution < 1.29 is 0 Å². The van der Waals surface area contributed by atoms with Gasteiger partial charge in [0.1, 0.15) is 0 Å². The zero-order valence-corrected chi connectivity index (χ0v) is 8.95. The zero-order chi connectivity index (χ0) is 9.31. The Morgan fingerprint density at radius 1 is 1.54 bits per heavy atom. The molecule has 0 radical (unpaired) electrons. The molecular formula is C10H16N2S. The number of hydrogen-bond donors (Lipinski definition) is 2. The van der Waals surface area contributed by atoms with Gasteiger partial charge in [0.25, 0.3) is 0 Å². The molecule has 1 aliphatic rings. The molecule has 1 aromatic heterocycles. The Bertz CT molecular complexity index is 266. The lowest BCUT2D eigenvalue weighted by atomic mass is 10.00. The Labute approximate surface area is 83.4 Å². The van der Waals surface area contributed by atoms with Gasteiger partial charge in [-0.15, -0.1) is 11.3 Å². The average Bonchev–Trinajstić information content (AvgIpc) is 2.53. The predicted octanol–water partition coefficient (Wildman–Crippen LogP) is 1.76. The van der Waals surface area contributed by atoms with Crippen LogP contribution in [0.1, 0.15) is 24.8 Å². The second-order valence-electron chi connectivity index (χ2n) is 4.23. The molecule has 1 aromatic rings. The lowest BCUT2D eigenvalue weighted by Crippen LogP contribution is -2.56. The van der Waals surface area contributed by atoms with Gasteiger partial charge < -0.3 is 10.6 Å². The average molecular weight is 196 g/mol. The summed E-state index contributed by atoms with van der Waals surface area (Å²) in [6, 6.07) is 4.80. The first-order valence-electron chi connectivity index (χ1n) is 4.69. The minimum absolute atomic E-state index is 0.215. The van der Waals surface area contributed by atoms with Crippen LogP contribution >= 0.6 is 11.3 Å². The van der Waals surface area contributed by atoms with Crippen molar-refractivity contribution in [2.75, 3.05) is 13.1 Å². The highest BCUT2D eigenvalue weighted by Crippen LogP contribution is 2.23. The Balaban J connectivity index is 2.09. The molecule has 0 amide bonds. The van der Waals surface area contributed by atoms with Crippen molar-refractivity contribution in [3.8, 4) is 0 Å². The first-order chi connectivity index (χ1) is 6.17. The van der Waals surface area contributed by atoms with Gasteiger partial charge in [-0.05, 0) is 25.3 Å². The highest BCUT2D eigenvalue weighted by atomic mass is 32.1. The second-order valence-corrected chi connectivity index (χ2v) is 5.21. The van der Waals surface area contributed by atoms with Crippen LogP contribution in [0.25, 0.3) is 0 Å². The minimum atomic E-state index is 0.215. The summed E-state index contributed by atoms with van der Waals surface area (Å²) in [6.45, 7) is 6.57. The van der Waals surface area contributed by atoms with E-state index in [-0.39, 0.29) is 5.54 Å². The van der Waals surface area contributed by atoms with E-state index in [2.05, 4.69) is 42.0 Å². The first kappa shape index (κ1) is 9.19. The summed E-state index contributed by atoms with van der Waals surface area (Å²) in [4.78, 5) is 1.43. The lowest BCUT2D eigenvalue weighted by molar-refractivity contribution is 0.267. The van der Waals surface area contributed by atoms with Crippen LogP contribution in [0.3, 0.4) is 0 Å². The van der Waals surface area contributed by atoms with Gasteiger partial charge in [-0.25, -0.2) is 0 Å². The fourth-order valence-corrected chi connectivity index (χ4v) is 2.54. The summed E-state index contributed by atoms with van der Waals surface area (Å²) < 4.78 is 0. The number of piperazine rings is 1. The molecule has 2 heterocycles. The minimum Gasteiger partial charge on any atom is -0.313 e. The van der Waals surface area contributed by atoms with Crippen LogP contribution in [0.5, 0.6) is 0 Å². The molecule has 1 fully saturated rings. The zero-order valence-electron chi connectivity index (χ0n) is 8.13. The van der Waals surface area contributed by atoms with E-state index in [1.54, 1.807) is 0 Å². The molecule has 1 atom stereocenters. The standard InChI is InChI=1S/C10H16N2S/c1-10(2)7-11-6-8(12-10)9-4-3-5-13-9/h3-5,8,11-12H,6-7H2,1-2H3. The number of thiophene rings is 1. The Morgan fingerprint density at radius 3 is 3.00 bits per heavy atom. The van der Waals surface area contributed by atoms with Crippen LogP contribution in [-0.4, -0.2) is 18.6 Å². The van der Waals surface area contributed by atoms with Crippen molar-refractivity contribution in [2.24, 2.45) is 0 Å². The molecule has 1 unspecified atom stereocenters.